The number of carbonyl (C=O) groups is 3. The van der Waals surface area contributed by atoms with Gasteiger partial charge in [-0.15, -0.1) is 0 Å². The predicted octanol–water partition coefficient (Wildman–Crippen LogP) is 2.35. The first-order valence-corrected chi connectivity index (χ1v) is 7.10. The second-order valence-electron chi connectivity index (χ2n) is 5.05. The molecule has 6 nitrogen and oxygen atoms in total. The van der Waals surface area contributed by atoms with Crippen LogP contribution in [0, 0.1) is 5.82 Å². The number of para-hydroxylation sites is 1. The summed E-state index contributed by atoms with van der Waals surface area (Å²) in [4.78, 5) is 41.1. The molecular formula is C17H12FNO5. The minimum absolute atomic E-state index is 0.135. The highest BCUT2D eigenvalue weighted by Crippen LogP contribution is 2.23. The summed E-state index contributed by atoms with van der Waals surface area (Å²) >= 11 is 0. The number of benzene rings is 2. The molecule has 1 heterocycles. The number of hydrogen-bond donors (Lipinski definition) is 0. The molecule has 0 spiro atoms. The first-order valence-electron chi connectivity index (χ1n) is 7.10. The third-order valence-corrected chi connectivity index (χ3v) is 3.41. The third-order valence-electron chi connectivity index (χ3n) is 3.41. The number of fused-ring (bicyclic) bond motifs is 1. The summed E-state index contributed by atoms with van der Waals surface area (Å²) in [6, 6.07) is 11.7. The highest BCUT2D eigenvalue weighted by Gasteiger charge is 2.39. The molecule has 1 aliphatic rings. The standard InChI is InChI=1S/C17H12FNO5/c1-10(23-14-9-5-4-8-13(14)18)17(22)24-19-15(20)11-6-2-3-7-12(11)16(19)21/h2-10H,1H3. The number of nitrogens with zero attached hydrogens (tertiary/aromatic N) is 1. The van der Waals surface area contributed by atoms with Gasteiger partial charge in [0.2, 0.25) is 0 Å². The van der Waals surface area contributed by atoms with Crippen molar-refractivity contribution in [3.05, 3.63) is 65.5 Å². The van der Waals surface area contributed by atoms with Gasteiger partial charge in [0, 0.05) is 0 Å². The lowest BCUT2D eigenvalue weighted by molar-refractivity contribution is -0.176. The van der Waals surface area contributed by atoms with E-state index in [0.717, 1.165) is 0 Å². The first kappa shape index (κ1) is 15.7. The van der Waals surface area contributed by atoms with Crippen LogP contribution < -0.4 is 4.74 Å². The fraction of sp³-hybridized carbons (Fsp3) is 0.118. The molecule has 2 amide bonds. The Morgan fingerprint density at radius 2 is 1.54 bits per heavy atom. The largest absolute Gasteiger partial charge is 0.476 e. The fourth-order valence-corrected chi connectivity index (χ4v) is 2.19. The van der Waals surface area contributed by atoms with Gasteiger partial charge in [-0.2, -0.15) is 0 Å². The van der Waals surface area contributed by atoms with Crippen LogP contribution in [-0.2, 0) is 9.63 Å². The number of hydrogen-bond acceptors (Lipinski definition) is 5. The highest BCUT2D eigenvalue weighted by molar-refractivity contribution is 6.20. The van der Waals surface area contributed by atoms with Gasteiger partial charge in [-0.25, -0.2) is 9.18 Å². The predicted molar refractivity (Wildman–Crippen MR) is 79.5 cm³/mol. The molecule has 1 aliphatic heterocycles. The maximum Gasteiger partial charge on any atom is 0.373 e. The molecule has 0 saturated heterocycles. The van der Waals surface area contributed by atoms with Crippen LogP contribution in [0.4, 0.5) is 4.39 Å². The molecule has 0 fully saturated rings. The Kier molecular flexibility index (Phi) is 3.99. The maximum atomic E-state index is 13.5. The molecule has 2 aromatic rings. The van der Waals surface area contributed by atoms with Crippen LogP contribution in [-0.4, -0.2) is 29.0 Å². The van der Waals surface area contributed by atoms with Crippen molar-refractivity contribution < 1.29 is 28.3 Å². The van der Waals surface area contributed by atoms with Gasteiger partial charge < -0.3 is 9.57 Å². The third kappa shape index (κ3) is 2.71. The van der Waals surface area contributed by atoms with E-state index in [-0.39, 0.29) is 16.9 Å². The Labute approximate surface area is 136 Å². The lowest BCUT2D eigenvalue weighted by Crippen LogP contribution is -2.37. The molecule has 0 radical (unpaired) electrons. The van der Waals surface area contributed by atoms with Crippen molar-refractivity contribution in [2.24, 2.45) is 0 Å². The number of imide groups is 1. The number of hydroxylamine groups is 2. The monoisotopic (exact) mass is 329 g/mol. The molecule has 0 bridgehead atoms. The highest BCUT2D eigenvalue weighted by atomic mass is 19.1. The van der Waals surface area contributed by atoms with Gasteiger partial charge in [-0.1, -0.05) is 29.3 Å². The molecule has 1 unspecified atom stereocenters. The summed E-state index contributed by atoms with van der Waals surface area (Å²) in [5.74, 6) is -3.24. The summed E-state index contributed by atoms with van der Waals surface area (Å²) in [6.45, 7) is 1.33. The van der Waals surface area contributed by atoms with Crippen molar-refractivity contribution in [2.75, 3.05) is 0 Å². The van der Waals surface area contributed by atoms with Crippen LogP contribution in [0.5, 0.6) is 5.75 Å². The number of amides is 2. The minimum atomic E-state index is -1.22. The second kappa shape index (κ2) is 6.11. The van der Waals surface area contributed by atoms with E-state index in [1.165, 1.54) is 37.3 Å². The van der Waals surface area contributed by atoms with Gasteiger partial charge in [0.25, 0.3) is 11.8 Å². The van der Waals surface area contributed by atoms with E-state index < -0.39 is 29.7 Å². The number of halogens is 1. The van der Waals surface area contributed by atoms with Gasteiger partial charge in [0.15, 0.2) is 17.7 Å². The van der Waals surface area contributed by atoms with Crippen molar-refractivity contribution in [2.45, 2.75) is 13.0 Å². The van der Waals surface area contributed by atoms with E-state index in [0.29, 0.717) is 5.06 Å². The van der Waals surface area contributed by atoms with Crippen LogP contribution >= 0.6 is 0 Å². The van der Waals surface area contributed by atoms with E-state index in [1.54, 1.807) is 18.2 Å². The molecule has 0 N–H and O–H groups in total. The molecule has 7 heteroatoms. The molecular weight excluding hydrogens is 317 g/mol. The SMILES string of the molecule is CC(Oc1ccccc1F)C(=O)ON1C(=O)c2ccccc2C1=O. The lowest BCUT2D eigenvalue weighted by Gasteiger charge is -2.17. The van der Waals surface area contributed by atoms with Crippen LogP contribution in [0.2, 0.25) is 0 Å². The van der Waals surface area contributed by atoms with Crippen LogP contribution in [0.3, 0.4) is 0 Å². The van der Waals surface area contributed by atoms with E-state index >= 15 is 0 Å². The van der Waals surface area contributed by atoms with Crippen LogP contribution in [0.15, 0.2) is 48.5 Å². The molecule has 122 valence electrons. The van der Waals surface area contributed by atoms with Gasteiger partial charge >= 0.3 is 5.97 Å². The summed E-state index contributed by atoms with van der Waals surface area (Å²) in [6.07, 6.45) is -1.22. The molecule has 0 aromatic heterocycles. The maximum absolute atomic E-state index is 13.5. The number of ether oxygens (including phenoxy) is 1. The Morgan fingerprint density at radius 1 is 1.00 bits per heavy atom. The average Bonchev–Trinajstić information content (AvgIpc) is 2.82. The summed E-state index contributed by atoms with van der Waals surface area (Å²) < 4.78 is 18.7. The normalized spacial score (nSPS) is 14.3. The van der Waals surface area contributed by atoms with Gasteiger partial charge in [0.05, 0.1) is 11.1 Å². The topological polar surface area (TPSA) is 72.9 Å². The minimum Gasteiger partial charge on any atom is -0.476 e. The van der Waals surface area contributed by atoms with Crippen molar-refractivity contribution in [3.8, 4) is 5.75 Å². The molecule has 3 rings (SSSR count). The average molecular weight is 329 g/mol. The second-order valence-corrected chi connectivity index (χ2v) is 5.05. The summed E-state index contributed by atoms with van der Waals surface area (Å²) in [5, 5.41) is 0.383. The van der Waals surface area contributed by atoms with Gasteiger partial charge in [-0.05, 0) is 31.2 Å². The zero-order chi connectivity index (χ0) is 17.3. The zero-order valence-corrected chi connectivity index (χ0v) is 12.6. The van der Waals surface area contributed by atoms with Crippen LogP contribution in [0.1, 0.15) is 27.6 Å². The molecule has 0 aliphatic carbocycles. The van der Waals surface area contributed by atoms with Crippen molar-refractivity contribution in [1.82, 2.24) is 5.06 Å². The number of rotatable bonds is 4. The zero-order valence-electron chi connectivity index (χ0n) is 12.6. The van der Waals surface area contributed by atoms with E-state index in [2.05, 4.69) is 0 Å². The fourth-order valence-electron chi connectivity index (χ4n) is 2.19. The summed E-state index contributed by atoms with van der Waals surface area (Å²) in [5.41, 5.74) is 0.302. The van der Waals surface area contributed by atoms with Crippen molar-refractivity contribution >= 4 is 17.8 Å². The molecule has 2 aromatic carbocycles. The van der Waals surface area contributed by atoms with Gasteiger partial charge in [0.1, 0.15) is 0 Å². The van der Waals surface area contributed by atoms with Crippen molar-refractivity contribution in [3.63, 3.8) is 0 Å². The van der Waals surface area contributed by atoms with E-state index in [9.17, 15) is 18.8 Å². The van der Waals surface area contributed by atoms with E-state index in [1.807, 2.05) is 0 Å². The smallest absolute Gasteiger partial charge is 0.373 e. The number of carbonyl (C=O) groups excluding carboxylic acids is 3. The molecule has 0 saturated carbocycles. The van der Waals surface area contributed by atoms with Crippen LogP contribution in [0.25, 0.3) is 0 Å². The lowest BCUT2D eigenvalue weighted by atomic mass is 10.1. The Bertz CT molecular complexity index is 800. The Hall–Kier alpha value is -3.22. The Morgan fingerprint density at radius 3 is 2.12 bits per heavy atom. The molecule has 24 heavy (non-hydrogen) atoms. The first-order chi connectivity index (χ1) is 11.5. The summed E-state index contributed by atoms with van der Waals surface area (Å²) in [7, 11) is 0. The Balaban J connectivity index is 1.70. The van der Waals surface area contributed by atoms with E-state index in [4.69, 9.17) is 9.57 Å². The molecule has 1 atom stereocenters. The quantitative estimate of drug-likeness (QED) is 0.805. The van der Waals surface area contributed by atoms with Gasteiger partial charge in [-0.3, -0.25) is 9.59 Å². The van der Waals surface area contributed by atoms with Crippen molar-refractivity contribution in [1.29, 1.82) is 0 Å².